The molecule has 0 radical (unpaired) electrons. The Labute approximate surface area is 211 Å². The van der Waals surface area contributed by atoms with E-state index in [2.05, 4.69) is 19.9 Å². The second-order valence-corrected chi connectivity index (χ2v) is 9.98. The van der Waals surface area contributed by atoms with Crippen molar-refractivity contribution in [1.29, 1.82) is 0 Å². The number of likely N-dealkylation sites (N-methyl/N-ethyl adjacent to an activating group) is 1. The van der Waals surface area contributed by atoms with Crippen LogP contribution < -0.4 is 15.4 Å². The first kappa shape index (κ1) is 24.6. The molecule has 2 aliphatic carbocycles. The largest absolute Gasteiger partial charge is 0.474 e. The maximum atomic E-state index is 12.9. The molecule has 1 atom stereocenters. The molecule has 3 N–H and O–H groups in total. The molecule has 3 fully saturated rings. The van der Waals surface area contributed by atoms with E-state index in [9.17, 15) is 9.90 Å². The highest BCUT2D eigenvalue weighted by Gasteiger charge is 2.39. The predicted molar refractivity (Wildman–Crippen MR) is 133 cm³/mol. The lowest BCUT2D eigenvalue weighted by Gasteiger charge is -2.42. The molecule has 2 aromatic rings. The number of carbonyl (C=O) groups is 1. The molecule has 1 saturated heterocycles. The summed E-state index contributed by atoms with van der Waals surface area (Å²) >= 11 is 0. The van der Waals surface area contributed by atoms with Gasteiger partial charge in [0, 0.05) is 63.0 Å². The van der Waals surface area contributed by atoms with Crippen LogP contribution in [0.15, 0.2) is 18.5 Å². The topological polar surface area (TPSA) is 140 Å². The van der Waals surface area contributed by atoms with E-state index in [-0.39, 0.29) is 29.9 Å². The van der Waals surface area contributed by atoms with E-state index in [1.807, 2.05) is 0 Å². The minimum Gasteiger partial charge on any atom is -0.474 e. The summed E-state index contributed by atoms with van der Waals surface area (Å²) in [6, 6.07) is 1.83. The Morgan fingerprint density at radius 2 is 1.86 bits per heavy atom. The Bertz CT molecular complexity index is 1040. The van der Waals surface area contributed by atoms with Crippen molar-refractivity contribution in [1.82, 2.24) is 24.8 Å². The zero-order chi connectivity index (χ0) is 25.1. The molecule has 3 heterocycles. The summed E-state index contributed by atoms with van der Waals surface area (Å²) in [7, 11) is 1.79. The number of carbonyl (C=O) groups excluding carboxylic acids is 1. The second kappa shape index (κ2) is 10.9. The van der Waals surface area contributed by atoms with Gasteiger partial charge in [-0.25, -0.2) is 15.0 Å². The summed E-state index contributed by atoms with van der Waals surface area (Å²) in [6.45, 7) is 2.63. The number of nitrogens with two attached hydrogens (primary N) is 1. The Balaban J connectivity index is 1.24. The van der Waals surface area contributed by atoms with Gasteiger partial charge in [-0.1, -0.05) is 19.3 Å². The van der Waals surface area contributed by atoms with Gasteiger partial charge in [-0.2, -0.15) is 4.98 Å². The number of aliphatic hydroxyl groups excluding tert-OH is 1. The van der Waals surface area contributed by atoms with Crippen molar-refractivity contribution in [2.45, 2.75) is 63.2 Å². The Kier molecular flexibility index (Phi) is 7.47. The standard InChI is InChI=1S/C25H35N7O4/c1-31(23(34)22(33)16-5-3-2-4-6-16)18-11-19(12-18)36-21-13-20(17-14-27-24(26)28-15-17)29-25(30-21)32-7-9-35-10-8-32/h13-16,18-19,22,33H,2-12H2,1H3,(H2,26,27,28)/t18?,19?,22-/m1/s1. The Hall–Kier alpha value is -3.05. The summed E-state index contributed by atoms with van der Waals surface area (Å²) in [4.78, 5) is 34.2. The van der Waals surface area contributed by atoms with Crippen LogP contribution in [0.2, 0.25) is 0 Å². The van der Waals surface area contributed by atoms with Crippen LogP contribution in [0.1, 0.15) is 44.9 Å². The van der Waals surface area contributed by atoms with Crippen molar-refractivity contribution in [3.05, 3.63) is 18.5 Å². The van der Waals surface area contributed by atoms with Crippen molar-refractivity contribution in [3.63, 3.8) is 0 Å². The van der Waals surface area contributed by atoms with E-state index in [1.165, 1.54) is 6.42 Å². The van der Waals surface area contributed by atoms with E-state index in [4.69, 9.17) is 20.2 Å². The molecule has 36 heavy (non-hydrogen) atoms. The summed E-state index contributed by atoms with van der Waals surface area (Å²) in [5.41, 5.74) is 7.02. The lowest BCUT2D eigenvalue weighted by atomic mass is 9.83. The van der Waals surface area contributed by atoms with Crippen LogP contribution in [0, 0.1) is 5.92 Å². The molecule has 194 valence electrons. The third-order valence-corrected chi connectivity index (χ3v) is 7.55. The number of aliphatic hydroxyl groups is 1. The fraction of sp³-hybridized carbons (Fsp3) is 0.640. The summed E-state index contributed by atoms with van der Waals surface area (Å²) in [5, 5.41) is 10.6. The summed E-state index contributed by atoms with van der Waals surface area (Å²) < 4.78 is 11.7. The molecule has 0 unspecified atom stereocenters. The first-order valence-electron chi connectivity index (χ1n) is 12.9. The van der Waals surface area contributed by atoms with Crippen molar-refractivity contribution in [2.24, 2.45) is 5.92 Å². The third-order valence-electron chi connectivity index (χ3n) is 7.55. The molecule has 5 rings (SSSR count). The first-order chi connectivity index (χ1) is 17.5. The lowest BCUT2D eigenvalue weighted by Crippen LogP contribution is -2.53. The Morgan fingerprint density at radius 3 is 2.56 bits per heavy atom. The van der Waals surface area contributed by atoms with Crippen LogP contribution in [-0.2, 0) is 9.53 Å². The maximum Gasteiger partial charge on any atom is 0.251 e. The van der Waals surface area contributed by atoms with Crippen LogP contribution in [0.5, 0.6) is 5.88 Å². The molecule has 2 aromatic heterocycles. The van der Waals surface area contributed by atoms with Gasteiger partial charge in [0.1, 0.15) is 12.2 Å². The monoisotopic (exact) mass is 497 g/mol. The number of morpholine rings is 1. The highest BCUT2D eigenvalue weighted by atomic mass is 16.5. The van der Waals surface area contributed by atoms with Crippen molar-refractivity contribution >= 4 is 17.8 Å². The van der Waals surface area contributed by atoms with Crippen molar-refractivity contribution < 1.29 is 19.4 Å². The number of amides is 1. The van der Waals surface area contributed by atoms with Crippen LogP contribution in [-0.4, -0.2) is 87.5 Å². The fourth-order valence-electron chi connectivity index (χ4n) is 5.16. The van der Waals surface area contributed by atoms with Gasteiger partial charge in [0.25, 0.3) is 5.91 Å². The van der Waals surface area contributed by atoms with E-state index in [0.717, 1.165) is 31.2 Å². The number of aromatic nitrogens is 4. The molecule has 1 aliphatic heterocycles. The van der Waals surface area contributed by atoms with E-state index in [1.54, 1.807) is 30.4 Å². The third kappa shape index (κ3) is 5.52. The Morgan fingerprint density at radius 1 is 1.17 bits per heavy atom. The van der Waals surface area contributed by atoms with Crippen LogP contribution in [0.25, 0.3) is 11.3 Å². The van der Waals surface area contributed by atoms with Gasteiger partial charge in [0.05, 0.1) is 18.9 Å². The molecular formula is C25H35N7O4. The SMILES string of the molecule is CN(C(=O)[C@H](O)C1CCCCC1)C1CC(Oc2cc(-c3cnc(N)nc3)nc(N3CCOCC3)n2)C1. The molecule has 0 bridgehead atoms. The quantitative estimate of drug-likeness (QED) is 0.580. The molecule has 11 heteroatoms. The molecule has 1 amide bonds. The number of hydrogen-bond donors (Lipinski definition) is 2. The fourth-order valence-corrected chi connectivity index (χ4v) is 5.16. The number of nitrogens with zero attached hydrogens (tertiary/aromatic N) is 6. The van der Waals surface area contributed by atoms with E-state index in [0.29, 0.717) is 56.7 Å². The maximum absolute atomic E-state index is 12.9. The van der Waals surface area contributed by atoms with Gasteiger partial charge >= 0.3 is 0 Å². The minimum absolute atomic E-state index is 0.0475. The normalized spacial score (nSPS) is 23.6. The van der Waals surface area contributed by atoms with Crippen molar-refractivity contribution in [3.8, 4) is 17.1 Å². The average molecular weight is 498 g/mol. The van der Waals surface area contributed by atoms with Gasteiger partial charge in [0.15, 0.2) is 0 Å². The molecule has 11 nitrogen and oxygen atoms in total. The number of nitrogen functional groups attached to an aromatic ring is 1. The second-order valence-electron chi connectivity index (χ2n) is 9.98. The van der Waals surface area contributed by atoms with Gasteiger partial charge < -0.3 is 30.1 Å². The van der Waals surface area contributed by atoms with Crippen LogP contribution >= 0.6 is 0 Å². The highest BCUT2D eigenvalue weighted by Crippen LogP contribution is 2.33. The van der Waals surface area contributed by atoms with Crippen LogP contribution in [0.4, 0.5) is 11.9 Å². The summed E-state index contributed by atoms with van der Waals surface area (Å²) in [6.07, 6.45) is 8.91. The highest BCUT2D eigenvalue weighted by molar-refractivity contribution is 5.81. The zero-order valence-electron chi connectivity index (χ0n) is 20.8. The molecule has 0 spiro atoms. The predicted octanol–water partition coefficient (Wildman–Crippen LogP) is 1.66. The summed E-state index contributed by atoms with van der Waals surface area (Å²) in [5.74, 6) is 1.15. The smallest absolute Gasteiger partial charge is 0.251 e. The van der Waals surface area contributed by atoms with Gasteiger partial charge in [-0.15, -0.1) is 0 Å². The minimum atomic E-state index is -0.905. The zero-order valence-corrected chi connectivity index (χ0v) is 20.8. The number of hydrogen-bond acceptors (Lipinski definition) is 10. The molecular weight excluding hydrogens is 462 g/mol. The van der Waals surface area contributed by atoms with Gasteiger partial charge in [-0.3, -0.25) is 4.79 Å². The lowest BCUT2D eigenvalue weighted by molar-refractivity contribution is -0.148. The molecule has 0 aromatic carbocycles. The number of rotatable bonds is 7. The number of anilines is 2. The van der Waals surface area contributed by atoms with Gasteiger partial charge in [-0.05, 0) is 18.8 Å². The van der Waals surface area contributed by atoms with Gasteiger partial charge in [0.2, 0.25) is 17.8 Å². The van der Waals surface area contributed by atoms with E-state index >= 15 is 0 Å². The molecule has 2 saturated carbocycles. The number of ether oxygens (including phenoxy) is 2. The molecule has 3 aliphatic rings. The van der Waals surface area contributed by atoms with E-state index < -0.39 is 6.10 Å². The van der Waals surface area contributed by atoms with Crippen LogP contribution in [0.3, 0.4) is 0 Å². The average Bonchev–Trinajstić information content (AvgIpc) is 2.90. The first-order valence-corrected chi connectivity index (χ1v) is 12.9. The van der Waals surface area contributed by atoms with Crippen molar-refractivity contribution in [2.75, 3.05) is 44.0 Å².